The van der Waals surface area contributed by atoms with Gasteiger partial charge < -0.3 is 9.64 Å². The maximum atomic E-state index is 12.5. The summed E-state index contributed by atoms with van der Waals surface area (Å²) in [5.41, 5.74) is 4.71. The molecule has 1 aliphatic heterocycles. The van der Waals surface area contributed by atoms with E-state index in [0.29, 0.717) is 10.7 Å². The highest BCUT2D eigenvalue weighted by molar-refractivity contribution is 7.14. The van der Waals surface area contributed by atoms with Crippen molar-refractivity contribution in [3.63, 3.8) is 0 Å². The van der Waals surface area contributed by atoms with Crippen molar-refractivity contribution in [1.29, 1.82) is 0 Å². The van der Waals surface area contributed by atoms with Crippen molar-refractivity contribution in [3.8, 4) is 17.0 Å². The number of carbonyl (C=O) groups is 1. The largest absolute Gasteiger partial charge is 0.493 e. The zero-order valence-corrected chi connectivity index (χ0v) is 15.5. The lowest BCUT2D eigenvalue weighted by atomic mass is 10.1. The average Bonchev–Trinajstić information content (AvgIpc) is 3.30. The highest BCUT2D eigenvalue weighted by Crippen LogP contribution is 2.32. The van der Waals surface area contributed by atoms with E-state index in [9.17, 15) is 4.79 Å². The molecule has 0 bridgehead atoms. The number of carbonyl (C=O) groups excluding carboxylic acids is 1. The molecular formula is C20H19N3O2S. The van der Waals surface area contributed by atoms with Crippen LogP contribution in [-0.4, -0.2) is 31.6 Å². The van der Waals surface area contributed by atoms with Crippen LogP contribution >= 0.6 is 11.3 Å². The number of thiazole rings is 1. The fraction of sp³-hybridized carbons (Fsp3) is 0.200. The second-order valence-corrected chi connectivity index (χ2v) is 7.22. The van der Waals surface area contributed by atoms with Gasteiger partial charge >= 0.3 is 0 Å². The molecule has 4 rings (SSSR count). The number of benzene rings is 2. The molecule has 0 fully saturated rings. The third-order valence-corrected chi connectivity index (χ3v) is 5.09. The molecule has 0 spiro atoms. The first-order chi connectivity index (χ1) is 12.6. The van der Waals surface area contributed by atoms with Gasteiger partial charge in [-0.1, -0.05) is 6.07 Å². The number of nitrogens with one attached hydrogen (secondary N) is 1. The molecule has 0 unspecified atom stereocenters. The highest BCUT2D eigenvalue weighted by Gasteiger charge is 2.15. The zero-order valence-electron chi connectivity index (χ0n) is 14.7. The first-order valence-corrected chi connectivity index (χ1v) is 9.28. The standard InChI is InChI=1S/C20H19N3O2S/c1-23(2)16-5-3-4-15(11-16)19(24)22-20-21-17(12-26-20)13-6-7-18-14(10-13)8-9-25-18/h3-7,10-12H,8-9H2,1-2H3,(H,21,22,24). The fourth-order valence-corrected chi connectivity index (χ4v) is 3.62. The van der Waals surface area contributed by atoms with Gasteiger partial charge in [0.2, 0.25) is 0 Å². The fourth-order valence-electron chi connectivity index (χ4n) is 2.90. The van der Waals surface area contributed by atoms with Crippen LogP contribution in [0.2, 0.25) is 0 Å². The number of hydrogen-bond donors (Lipinski definition) is 1. The van der Waals surface area contributed by atoms with E-state index in [-0.39, 0.29) is 5.91 Å². The molecule has 132 valence electrons. The SMILES string of the molecule is CN(C)c1cccc(C(=O)Nc2nc(-c3ccc4c(c3)CCO4)cs2)c1. The van der Waals surface area contributed by atoms with Gasteiger partial charge in [-0.15, -0.1) is 11.3 Å². The van der Waals surface area contributed by atoms with E-state index in [0.717, 1.165) is 35.7 Å². The number of ether oxygens (including phenoxy) is 1. The lowest BCUT2D eigenvalue weighted by Gasteiger charge is -2.13. The minimum atomic E-state index is -0.156. The molecule has 1 aliphatic rings. The topological polar surface area (TPSA) is 54.5 Å². The number of rotatable bonds is 4. The van der Waals surface area contributed by atoms with Gasteiger partial charge in [-0.25, -0.2) is 4.98 Å². The lowest BCUT2D eigenvalue weighted by Crippen LogP contribution is -2.14. The van der Waals surface area contributed by atoms with Gasteiger partial charge in [0.05, 0.1) is 12.3 Å². The molecular weight excluding hydrogens is 346 g/mol. The summed E-state index contributed by atoms with van der Waals surface area (Å²) in [4.78, 5) is 19.0. The van der Waals surface area contributed by atoms with Crippen LogP contribution in [0.3, 0.4) is 0 Å². The molecule has 1 N–H and O–H groups in total. The summed E-state index contributed by atoms with van der Waals surface area (Å²) in [7, 11) is 3.90. The third-order valence-electron chi connectivity index (χ3n) is 4.33. The van der Waals surface area contributed by atoms with E-state index >= 15 is 0 Å². The monoisotopic (exact) mass is 365 g/mol. The summed E-state index contributed by atoms with van der Waals surface area (Å²) in [6, 6.07) is 13.6. The molecule has 0 radical (unpaired) electrons. The Bertz CT molecular complexity index is 965. The molecule has 2 aromatic carbocycles. The van der Waals surface area contributed by atoms with Crippen LogP contribution in [0.5, 0.6) is 5.75 Å². The average molecular weight is 365 g/mol. The Labute approximate surface area is 156 Å². The second-order valence-electron chi connectivity index (χ2n) is 6.36. The van der Waals surface area contributed by atoms with Crippen LogP contribution in [0.4, 0.5) is 10.8 Å². The summed E-state index contributed by atoms with van der Waals surface area (Å²) in [5.74, 6) is 0.801. The normalized spacial score (nSPS) is 12.4. The minimum Gasteiger partial charge on any atom is -0.493 e. The van der Waals surface area contributed by atoms with Gasteiger partial charge in [0, 0.05) is 42.7 Å². The smallest absolute Gasteiger partial charge is 0.257 e. The Kier molecular flexibility index (Phi) is 4.34. The number of aromatic nitrogens is 1. The maximum Gasteiger partial charge on any atom is 0.257 e. The van der Waals surface area contributed by atoms with Crippen molar-refractivity contribution >= 4 is 28.1 Å². The van der Waals surface area contributed by atoms with Crippen LogP contribution in [-0.2, 0) is 6.42 Å². The maximum absolute atomic E-state index is 12.5. The summed E-state index contributed by atoms with van der Waals surface area (Å²) < 4.78 is 5.54. The molecule has 0 saturated carbocycles. The first-order valence-electron chi connectivity index (χ1n) is 8.40. The van der Waals surface area contributed by atoms with Gasteiger partial charge in [-0.05, 0) is 42.0 Å². The Morgan fingerprint density at radius 2 is 2.12 bits per heavy atom. The van der Waals surface area contributed by atoms with Crippen LogP contribution in [0.15, 0.2) is 47.8 Å². The van der Waals surface area contributed by atoms with E-state index in [4.69, 9.17) is 4.74 Å². The molecule has 5 nitrogen and oxygen atoms in total. The molecule has 3 aromatic rings. The van der Waals surface area contributed by atoms with Crippen molar-refractivity contribution in [2.24, 2.45) is 0 Å². The summed E-state index contributed by atoms with van der Waals surface area (Å²) in [6.45, 7) is 0.739. The quantitative estimate of drug-likeness (QED) is 0.757. The van der Waals surface area contributed by atoms with Crippen LogP contribution < -0.4 is 15.0 Å². The Morgan fingerprint density at radius 3 is 2.96 bits per heavy atom. The second kappa shape index (κ2) is 6.80. The molecule has 6 heteroatoms. The first kappa shape index (κ1) is 16.6. The number of nitrogens with zero attached hydrogens (tertiary/aromatic N) is 2. The van der Waals surface area contributed by atoms with Crippen LogP contribution in [0, 0.1) is 0 Å². The zero-order chi connectivity index (χ0) is 18.1. The van der Waals surface area contributed by atoms with Crippen molar-refractivity contribution in [3.05, 3.63) is 59.0 Å². The van der Waals surface area contributed by atoms with Crippen molar-refractivity contribution < 1.29 is 9.53 Å². The lowest BCUT2D eigenvalue weighted by molar-refractivity contribution is 0.102. The van der Waals surface area contributed by atoms with E-state index in [2.05, 4.69) is 16.4 Å². The van der Waals surface area contributed by atoms with Crippen LogP contribution in [0.25, 0.3) is 11.3 Å². The number of anilines is 2. The van der Waals surface area contributed by atoms with Gasteiger partial charge in [0.25, 0.3) is 5.91 Å². The van der Waals surface area contributed by atoms with Crippen molar-refractivity contribution in [2.45, 2.75) is 6.42 Å². The van der Waals surface area contributed by atoms with Gasteiger partial charge in [0.1, 0.15) is 5.75 Å². The molecule has 2 heterocycles. The van der Waals surface area contributed by atoms with Crippen LogP contribution in [0.1, 0.15) is 15.9 Å². The van der Waals surface area contributed by atoms with Gasteiger partial charge in [-0.2, -0.15) is 0 Å². The van der Waals surface area contributed by atoms with E-state index in [1.165, 1.54) is 16.9 Å². The Hall–Kier alpha value is -2.86. The molecule has 0 aliphatic carbocycles. The number of amides is 1. The molecule has 0 atom stereocenters. The number of hydrogen-bond acceptors (Lipinski definition) is 5. The molecule has 1 aromatic heterocycles. The third kappa shape index (κ3) is 3.28. The molecule has 0 saturated heterocycles. The minimum absolute atomic E-state index is 0.156. The van der Waals surface area contributed by atoms with E-state index in [1.807, 2.05) is 54.7 Å². The summed E-state index contributed by atoms with van der Waals surface area (Å²) in [5, 5.41) is 5.45. The predicted molar refractivity (Wildman–Crippen MR) is 105 cm³/mol. The predicted octanol–water partition coefficient (Wildman–Crippen LogP) is 4.06. The highest BCUT2D eigenvalue weighted by atomic mass is 32.1. The molecule has 1 amide bonds. The molecule has 26 heavy (non-hydrogen) atoms. The summed E-state index contributed by atoms with van der Waals surface area (Å²) in [6.07, 6.45) is 0.930. The van der Waals surface area contributed by atoms with Crippen molar-refractivity contribution in [1.82, 2.24) is 4.98 Å². The van der Waals surface area contributed by atoms with E-state index < -0.39 is 0 Å². The Balaban J connectivity index is 1.51. The van der Waals surface area contributed by atoms with Gasteiger partial charge in [0.15, 0.2) is 5.13 Å². The van der Waals surface area contributed by atoms with Crippen molar-refractivity contribution in [2.75, 3.05) is 30.9 Å². The summed E-state index contributed by atoms with van der Waals surface area (Å²) >= 11 is 1.43. The number of fused-ring (bicyclic) bond motifs is 1. The van der Waals surface area contributed by atoms with E-state index in [1.54, 1.807) is 6.07 Å². The Morgan fingerprint density at radius 1 is 1.23 bits per heavy atom. The van der Waals surface area contributed by atoms with Gasteiger partial charge in [-0.3, -0.25) is 10.1 Å².